The highest BCUT2D eigenvalue weighted by atomic mass is 32.2. The summed E-state index contributed by atoms with van der Waals surface area (Å²) in [6.45, 7) is 8.66. The average Bonchev–Trinajstić information content (AvgIpc) is 3.03. The maximum atomic E-state index is 12.8. The van der Waals surface area contributed by atoms with Crippen molar-refractivity contribution in [1.29, 1.82) is 0 Å². The highest BCUT2D eigenvalue weighted by molar-refractivity contribution is 8.01. The van der Waals surface area contributed by atoms with E-state index in [2.05, 4.69) is 10.6 Å². The molecule has 25 heavy (non-hydrogen) atoms. The highest BCUT2D eigenvalue weighted by Gasteiger charge is 2.46. The molecule has 0 aromatic heterocycles. The number of thioether (sulfide) groups is 1. The molecule has 0 radical (unpaired) electrons. The van der Waals surface area contributed by atoms with Gasteiger partial charge < -0.3 is 20.9 Å². The second-order valence-electron chi connectivity index (χ2n) is 7.71. The zero-order valence-corrected chi connectivity index (χ0v) is 16.1. The van der Waals surface area contributed by atoms with Crippen LogP contribution in [-0.2, 0) is 9.59 Å². The molecule has 3 aliphatic rings. The Bertz CT molecular complexity index is 511. The fourth-order valence-corrected chi connectivity index (χ4v) is 5.30. The number of rotatable bonds is 3. The van der Waals surface area contributed by atoms with Crippen molar-refractivity contribution >= 4 is 23.6 Å². The van der Waals surface area contributed by atoms with Gasteiger partial charge in [0.05, 0.1) is 17.0 Å². The molecule has 3 heterocycles. The van der Waals surface area contributed by atoms with Crippen molar-refractivity contribution in [2.45, 2.75) is 43.6 Å². The number of piperazine rings is 1. The van der Waals surface area contributed by atoms with E-state index in [0.717, 1.165) is 51.3 Å². The normalized spacial score (nSPS) is 31.6. The minimum absolute atomic E-state index is 0.0355. The van der Waals surface area contributed by atoms with Gasteiger partial charge in [0.25, 0.3) is 0 Å². The number of hydrogen-bond donors (Lipinski definition) is 3. The van der Waals surface area contributed by atoms with E-state index in [4.69, 9.17) is 5.73 Å². The molecule has 1 spiro atoms. The Morgan fingerprint density at radius 2 is 1.92 bits per heavy atom. The molecule has 8 heteroatoms. The number of amides is 2. The zero-order valence-electron chi connectivity index (χ0n) is 15.3. The summed E-state index contributed by atoms with van der Waals surface area (Å²) in [5.41, 5.74) is 6.07. The summed E-state index contributed by atoms with van der Waals surface area (Å²) in [7, 11) is 0. The fourth-order valence-electron chi connectivity index (χ4n) is 3.82. The Morgan fingerprint density at radius 3 is 2.60 bits per heavy atom. The van der Waals surface area contributed by atoms with Gasteiger partial charge in [-0.25, -0.2) is 0 Å². The van der Waals surface area contributed by atoms with Gasteiger partial charge in [-0.1, -0.05) is 13.8 Å². The van der Waals surface area contributed by atoms with Crippen LogP contribution < -0.4 is 16.4 Å². The van der Waals surface area contributed by atoms with Gasteiger partial charge in [0.1, 0.15) is 0 Å². The third kappa shape index (κ3) is 4.13. The maximum absolute atomic E-state index is 12.8. The van der Waals surface area contributed by atoms with E-state index in [1.54, 1.807) is 11.8 Å². The van der Waals surface area contributed by atoms with Crippen LogP contribution in [0.1, 0.15) is 26.7 Å². The van der Waals surface area contributed by atoms with Crippen LogP contribution in [0.15, 0.2) is 0 Å². The SMILES string of the molecule is CC(C)[C@H](N)C(=O)N1CCCC2(C1)N[C@H](C(=O)N1CCNCC1)CS2. The monoisotopic (exact) mass is 369 g/mol. The minimum atomic E-state index is -0.445. The average molecular weight is 370 g/mol. The largest absolute Gasteiger partial charge is 0.339 e. The van der Waals surface area contributed by atoms with Gasteiger partial charge >= 0.3 is 0 Å². The predicted molar refractivity (Wildman–Crippen MR) is 100 cm³/mol. The van der Waals surface area contributed by atoms with Crippen LogP contribution in [0.2, 0.25) is 0 Å². The molecule has 3 saturated heterocycles. The highest BCUT2D eigenvalue weighted by Crippen LogP contribution is 2.38. The van der Waals surface area contributed by atoms with Gasteiger partial charge in [-0.3, -0.25) is 14.9 Å². The molecule has 0 bridgehead atoms. The molecule has 1 unspecified atom stereocenters. The lowest BCUT2D eigenvalue weighted by molar-refractivity contribution is -0.135. The van der Waals surface area contributed by atoms with E-state index in [1.165, 1.54) is 0 Å². The zero-order chi connectivity index (χ0) is 18.0. The molecular formula is C17H31N5O2S. The van der Waals surface area contributed by atoms with Gasteiger partial charge in [0.2, 0.25) is 11.8 Å². The molecular weight excluding hydrogens is 338 g/mol. The number of carbonyl (C=O) groups is 2. The van der Waals surface area contributed by atoms with Crippen LogP contribution in [0.4, 0.5) is 0 Å². The van der Waals surface area contributed by atoms with E-state index < -0.39 is 6.04 Å². The van der Waals surface area contributed by atoms with Gasteiger partial charge in [0, 0.05) is 45.0 Å². The number of likely N-dealkylation sites (tertiary alicyclic amines) is 1. The number of carbonyl (C=O) groups excluding carboxylic acids is 2. The first-order valence-electron chi connectivity index (χ1n) is 9.37. The predicted octanol–water partition coefficient (Wildman–Crippen LogP) is -0.575. The Labute approximate surface area is 154 Å². The number of nitrogens with two attached hydrogens (primary N) is 1. The van der Waals surface area contributed by atoms with E-state index >= 15 is 0 Å². The summed E-state index contributed by atoms with van der Waals surface area (Å²) in [6, 6.07) is -0.586. The molecule has 2 amide bonds. The summed E-state index contributed by atoms with van der Waals surface area (Å²) in [5, 5.41) is 6.85. The third-order valence-electron chi connectivity index (χ3n) is 5.46. The van der Waals surface area contributed by atoms with Crippen LogP contribution in [0, 0.1) is 5.92 Å². The minimum Gasteiger partial charge on any atom is -0.339 e. The summed E-state index contributed by atoms with van der Waals surface area (Å²) in [5.74, 6) is 1.15. The lowest BCUT2D eigenvalue weighted by Crippen LogP contribution is -2.60. The Hall–Kier alpha value is -0.830. The van der Waals surface area contributed by atoms with Gasteiger partial charge in [-0.2, -0.15) is 0 Å². The number of hydrogen-bond acceptors (Lipinski definition) is 6. The van der Waals surface area contributed by atoms with Crippen LogP contribution in [-0.4, -0.2) is 83.6 Å². The lowest BCUT2D eigenvalue weighted by Gasteiger charge is -2.41. The van der Waals surface area contributed by atoms with Gasteiger partial charge in [-0.15, -0.1) is 11.8 Å². The number of piperidine rings is 1. The quantitative estimate of drug-likeness (QED) is 0.617. The van der Waals surface area contributed by atoms with Crippen molar-refractivity contribution in [3.05, 3.63) is 0 Å². The van der Waals surface area contributed by atoms with Crippen molar-refractivity contribution < 1.29 is 9.59 Å². The number of nitrogens with one attached hydrogen (secondary N) is 2. The van der Waals surface area contributed by atoms with Crippen LogP contribution in [0.5, 0.6) is 0 Å². The van der Waals surface area contributed by atoms with Crippen molar-refractivity contribution in [3.63, 3.8) is 0 Å². The second-order valence-corrected chi connectivity index (χ2v) is 9.11. The fraction of sp³-hybridized carbons (Fsp3) is 0.882. The van der Waals surface area contributed by atoms with E-state index in [-0.39, 0.29) is 28.6 Å². The lowest BCUT2D eigenvalue weighted by atomic mass is 9.99. The molecule has 3 fully saturated rings. The van der Waals surface area contributed by atoms with Crippen molar-refractivity contribution in [2.24, 2.45) is 11.7 Å². The standard InChI is InChI=1S/C17H31N5O2S/c1-12(2)14(18)16(24)22-7-3-4-17(11-22)20-13(10-25-17)15(23)21-8-5-19-6-9-21/h12-14,19-20H,3-11,18H2,1-2H3/t13-,14-,17?/m0/s1. The van der Waals surface area contributed by atoms with Crippen molar-refractivity contribution in [2.75, 3.05) is 45.0 Å². The molecule has 0 saturated carbocycles. The summed E-state index contributed by atoms with van der Waals surface area (Å²) >= 11 is 1.80. The molecule has 3 aliphatic heterocycles. The molecule has 0 aromatic rings. The van der Waals surface area contributed by atoms with Gasteiger partial charge in [-0.05, 0) is 18.8 Å². The summed E-state index contributed by atoms with van der Waals surface area (Å²) in [4.78, 5) is 29.0. The first-order valence-corrected chi connectivity index (χ1v) is 10.4. The molecule has 3 atom stereocenters. The van der Waals surface area contributed by atoms with Crippen LogP contribution in [0.25, 0.3) is 0 Å². The molecule has 0 aromatic carbocycles. The topological polar surface area (TPSA) is 90.7 Å². The summed E-state index contributed by atoms with van der Waals surface area (Å²) < 4.78 is 0. The Morgan fingerprint density at radius 1 is 1.20 bits per heavy atom. The Balaban J connectivity index is 1.61. The summed E-state index contributed by atoms with van der Waals surface area (Å²) in [6.07, 6.45) is 1.94. The van der Waals surface area contributed by atoms with Crippen molar-refractivity contribution in [1.82, 2.24) is 20.4 Å². The molecule has 4 N–H and O–H groups in total. The van der Waals surface area contributed by atoms with Crippen molar-refractivity contribution in [3.8, 4) is 0 Å². The maximum Gasteiger partial charge on any atom is 0.240 e. The molecule has 142 valence electrons. The van der Waals surface area contributed by atoms with Gasteiger partial charge in [0.15, 0.2) is 0 Å². The van der Waals surface area contributed by atoms with E-state index in [0.29, 0.717) is 6.54 Å². The smallest absolute Gasteiger partial charge is 0.240 e. The first-order chi connectivity index (χ1) is 11.9. The Kier molecular flexibility index (Phi) is 5.92. The van der Waals surface area contributed by atoms with E-state index in [1.807, 2.05) is 23.6 Å². The number of nitrogens with zero attached hydrogens (tertiary/aromatic N) is 2. The molecule has 7 nitrogen and oxygen atoms in total. The van der Waals surface area contributed by atoms with E-state index in [9.17, 15) is 9.59 Å². The molecule has 3 rings (SSSR count). The van der Waals surface area contributed by atoms with Crippen LogP contribution >= 0.6 is 11.8 Å². The third-order valence-corrected chi connectivity index (χ3v) is 6.96. The second kappa shape index (κ2) is 7.82. The first kappa shape index (κ1) is 18.9. The van der Waals surface area contributed by atoms with Crippen LogP contribution in [0.3, 0.4) is 0 Å². The molecule has 0 aliphatic carbocycles.